The smallest absolute Gasteiger partial charge is 0.228 e. The van der Waals surface area contributed by atoms with Crippen molar-refractivity contribution >= 4 is 23.3 Å². The van der Waals surface area contributed by atoms with Crippen LogP contribution < -0.4 is 5.32 Å². The van der Waals surface area contributed by atoms with Crippen molar-refractivity contribution in [1.29, 1.82) is 0 Å². The number of Topliss-reactive ketones (excluding diaryl/α,β-unsaturated/α-hetero) is 1. The standard InChI is InChI=1S/C13H16ClNO2/c1-3-9(2)15-13(17)8-12(16)10-6-4-5-7-11(10)14/h4-7,9H,3,8H2,1-2H3,(H,15,17). The fourth-order valence-electron chi connectivity index (χ4n) is 1.36. The van der Waals surface area contributed by atoms with Gasteiger partial charge in [0.1, 0.15) is 0 Å². The summed E-state index contributed by atoms with van der Waals surface area (Å²) in [4.78, 5) is 23.3. The Kier molecular flexibility index (Phi) is 5.16. The van der Waals surface area contributed by atoms with Gasteiger partial charge in [-0.15, -0.1) is 0 Å². The molecule has 0 fully saturated rings. The van der Waals surface area contributed by atoms with Crippen molar-refractivity contribution in [1.82, 2.24) is 5.32 Å². The Hall–Kier alpha value is -1.35. The molecule has 0 aromatic heterocycles. The Morgan fingerprint density at radius 1 is 1.35 bits per heavy atom. The van der Waals surface area contributed by atoms with E-state index in [1.807, 2.05) is 13.8 Å². The lowest BCUT2D eigenvalue weighted by Gasteiger charge is -2.10. The molecule has 4 heteroatoms. The van der Waals surface area contributed by atoms with Crippen LogP contribution in [0.1, 0.15) is 37.0 Å². The average molecular weight is 254 g/mol. The highest BCUT2D eigenvalue weighted by Gasteiger charge is 2.15. The largest absolute Gasteiger partial charge is 0.353 e. The molecule has 1 rings (SSSR count). The van der Waals surface area contributed by atoms with Gasteiger partial charge in [0.2, 0.25) is 5.91 Å². The molecule has 0 aliphatic heterocycles. The third kappa shape index (κ3) is 4.19. The van der Waals surface area contributed by atoms with Gasteiger partial charge in [0.25, 0.3) is 0 Å². The third-order valence-corrected chi connectivity index (χ3v) is 2.84. The second-order valence-electron chi connectivity index (χ2n) is 3.96. The summed E-state index contributed by atoms with van der Waals surface area (Å²) in [5, 5.41) is 3.13. The number of nitrogens with one attached hydrogen (secondary N) is 1. The van der Waals surface area contributed by atoms with Crippen molar-refractivity contribution in [3.05, 3.63) is 34.9 Å². The summed E-state index contributed by atoms with van der Waals surface area (Å²) in [5.74, 6) is -0.513. The zero-order valence-corrected chi connectivity index (χ0v) is 10.8. The lowest BCUT2D eigenvalue weighted by atomic mass is 10.1. The lowest BCUT2D eigenvalue weighted by Crippen LogP contribution is -2.33. The van der Waals surface area contributed by atoms with Gasteiger partial charge >= 0.3 is 0 Å². The molecule has 1 aromatic rings. The summed E-state index contributed by atoms with van der Waals surface area (Å²) >= 11 is 5.88. The maximum Gasteiger partial charge on any atom is 0.228 e. The molecule has 0 aliphatic rings. The van der Waals surface area contributed by atoms with Crippen molar-refractivity contribution in [3.63, 3.8) is 0 Å². The number of rotatable bonds is 5. The maximum atomic E-state index is 11.8. The number of ketones is 1. The fraction of sp³-hybridized carbons (Fsp3) is 0.385. The van der Waals surface area contributed by atoms with Crippen molar-refractivity contribution in [3.8, 4) is 0 Å². The SMILES string of the molecule is CCC(C)NC(=O)CC(=O)c1ccccc1Cl. The summed E-state index contributed by atoms with van der Waals surface area (Å²) in [7, 11) is 0. The van der Waals surface area contributed by atoms with E-state index in [0.29, 0.717) is 10.6 Å². The van der Waals surface area contributed by atoms with Crippen LogP contribution in [0.2, 0.25) is 5.02 Å². The minimum atomic E-state index is -0.260. The highest BCUT2D eigenvalue weighted by atomic mass is 35.5. The number of halogens is 1. The first-order valence-electron chi connectivity index (χ1n) is 5.61. The predicted molar refractivity (Wildman–Crippen MR) is 68.3 cm³/mol. The van der Waals surface area contributed by atoms with E-state index in [1.165, 1.54) is 0 Å². The van der Waals surface area contributed by atoms with Gasteiger partial charge in [-0.2, -0.15) is 0 Å². The van der Waals surface area contributed by atoms with E-state index in [4.69, 9.17) is 11.6 Å². The Labute approximate surface area is 106 Å². The van der Waals surface area contributed by atoms with Gasteiger partial charge in [0.05, 0.1) is 11.4 Å². The van der Waals surface area contributed by atoms with E-state index in [0.717, 1.165) is 6.42 Å². The first kappa shape index (κ1) is 13.7. The van der Waals surface area contributed by atoms with Gasteiger partial charge in [-0.1, -0.05) is 30.7 Å². The van der Waals surface area contributed by atoms with Gasteiger partial charge in [0.15, 0.2) is 5.78 Å². The van der Waals surface area contributed by atoms with Gasteiger partial charge in [-0.05, 0) is 25.5 Å². The van der Waals surface area contributed by atoms with Crippen molar-refractivity contribution < 1.29 is 9.59 Å². The lowest BCUT2D eigenvalue weighted by molar-refractivity contribution is -0.120. The molecule has 0 saturated carbocycles. The second-order valence-corrected chi connectivity index (χ2v) is 4.36. The van der Waals surface area contributed by atoms with E-state index in [2.05, 4.69) is 5.32 Å². The van der Waals surface area contributed by atoms with E-state index in [1.54, 1.807) is 24.3 Å². The fourth-order valence-corrected chi connectivity index (χ4v) is 1.60. The summed E-state index contributed by atoms with van der Waals surface area (Å²) in [6.07, 6.45) is 0.681. The van der Waals surface area contributed by atoms with Crippen molar-refractivity contribution in [2.24, 2.45) is 0 Å². The number of carbonyl (C=O) groups excluding carboxylic acids is 2. The van der Waals surface area contributed by atoms with Gasteiger partial charge in [0, 0.05) is 11.6 Å². The monoisotopic (exact) mass is 253 g/mol. The van der Waals surface area contributed by atoms with Gasteiger partial charge in [-0.25, -0.2) is 0 Å². The molecule has 1 unspecified atom stereocenters. The molecule has 0 radical (unpaired) electrons. The quantitative estimate of drug-likeness (QED) is 0.648. The van der Waals surface area contributed by atoms with Crippen LogP contribution in [0, 0.1) is 0 Å². The first-order valence-corrected chi connectivity index (χ1v) is 5.99. The van der Waals surface area contributed by atoms with Crippen LogP contribution in [0.5, 0.6) is 0 Å². The highest BCUT2D eigenvalue weighted by Crippen LogP contribution is 2.16. The molecule has 0 spiro atoms. The Bertz CT molecular complexity index is 418. The molecular weight excluding hydrogens is 238 g/mol. The Morgan fingerprint density at radius 3 is 2.59 bits per heavy atom. The average Bonchev–Trinajstić information content (AvgIpc) is 2.29. The van der Waals surface area contributed by atoms with E-state index in [-0.39, 0.29) is 24.2 Å². The summed E-state index contributed by atoms with van der Waals surface area (Å²) in [5.41, 5.74) is 0.397. The van der Waals surface area contributed by atoms with Gasteiger partial charge < -0.3 is 5.32 Å². The molecular formula is C13H16ClNO2. The normalized spacial score (nSPS) is 11.9. The Morgan fingerprint density at radius 2 is 2.00 bits per heavy atom. The molecule has 1 amide bonds. The van der Waals surface area contributed by atoms with E-state index in [9.17, 15) is 9.59 Å². The molecule has 1 N–H and O–H groups in total. The number of hydrogen-bond acceptors (Lipinski definition) is 2. The molecule has 1 atom stereocenters. The Balaban J connectivity index is 2.61. The third-order valence-electron chi connectivity index (χ3n) is 2.52. The number of hydrogen-bond donors (Lipinski definition) is 1. The number of benzene rings is 1. The second kappa shape index (κ2) is 6.40. The summed E-state index contributed by atoms with van der Waals surface area (Å²) < 4.78 is 0. The minimum Gasteiger partial charge on any atom is -0.353 e. The van der Waals surface area contributed by atoms with E-state index < -0.39 is 0 Å². The van der Waals surface area contributed by atoms with Crippen LogP contribution >= 0.6 is 11.6 Å². The highest BCUT2D eigenvalue weighted by molar-refractivity contribution is 6.34. The molecule has 0 saturated heterocycles. The molecule has 0 heterocycles. The summed E-state index contributed by atoms with van der Waals surface area (Å²) in [6.45, 7) is 3.87. The molecule has 92 valence electrons. The van der Waals surface area contributed by atoms with Gasteiger partial charge in [-0.3, -0.25) is 9.59 Å². The van der Waals surface area contributed by atoms with Crippen molar-refractivity contribution in [2.45, 2.75) is 32.7 Å². The molecule has 3 nitrogen and oxygen atoms in total. The molecule has 0 bridgehead atoms. The first-order chi connectivity index (χ1) is 8.04. The van der Waals surface area contributed by atoms with Crippen LogP contribution in [0.3, 0.4) is 0 Å². The van der Waals surface area contributed by atoms with Crippen LogP contribution in [0.15, 0.2) is 24.3 Å². The van der Waals surface area contributed by atoms with Crippen LogP contribution in [0.4, 0.5) is 0 Å². The number of carbonyl (C=O) groups is 2. The van der Waals surface area contributed by atoms with Crippen LogP contribution in [-0.4, -0.2) is 17.7 Å². The molecule has 0 aliphatic carbocycles. The summed E-state index contributed by atoms with van der Waals surface area (Å²) in [6, 6.07) is 6.83. The van der Waals surface area contributed by atoms with Crippen molar-refractivity contribution in [2.75, 3.05) is 0 Å². The minimum absolute atomic E-state index is 0.0848. The topological polar surface area (TPSA) is 46.2 Å². The van der Waals surface area contributed by atoms with Crippen LogP contribution in [0.25, 0.3) is 0 Å². The maximum absolute atomic E-state index is 11.8. The molecule has 17 heavy (non-hydrogen) atoms. The van der Waals surface area contributed by atoms with Crippen LogP contribution in [-0.2, 0) is 4.79 Å². The zero-order valence-electron chi connectivity index (χ0n) is 10.00. The zero-order chi connectivity index (χ0) is 12.8. The number of amides is 1. The van der Waals surface area contributed by atoms with E-state index >= 15 is 0 Å². The molecule has 1 aromatic carbocycles. The predicted octanol–water partition coefficient (Wildman–Crippen LogP) is 2.83.